The lowest BCUT2D eigenvalue weighted by atomic mass is 10.1. The molecule has 0 fully saturated rings. The molecule has 18 heavy (non-hydrogen) atoms. The van der Waals surface area contributed by atoms with E-state index in [-0.39, 0.29) is 6.04 Å². The number of rotatable bonds is 3. The zero-order valence-electron chi connectivity index (χ0n) is 10.9. The van der Waals surface area contributed by atoms with Gasteiger partial charge >= 0.3 is 0 Å². The topological polar surface area (TPSA) is 30.9 Å². The van der Waals surface area contributed by atoms with Crippen LogP contribution in [0.5, 0.6) is 0 Å². The summed E-state index contributed by atoms with van der Waals surface area (Å²) in [4.78, 5) is 0. The van der Waals surface area contributed by atoms with Crippen LogP contribution in [0.3, 0.4) is 0 Å². The Morgan fingerprint density at radius 2 is 2.06 bits per heavy atom. The highest BCUT2D eigenvalue weighted by Gasteiger charge is 2.11. The van der Waals surface area contributed by atoms with Gasteiger partial charge < -0.3 is 10.3 Å². The summed E-state index contributed by atoms with van der Waals surface area (Å²) in [6.07, 6.45) is 8.09. The lowest BCUT2D eigenvalue weighted by molar-refractivity contribution is 0.777. The van der Waals surface area contributed by atoms with Crippen molar-refractivity contribution in [2.75, 3.05) is 0 Å². The van der Waals surface area contributed by atoms with Crippen LogP contribution in [0.1, 0.15) is 41.6 Å². The van der Waals surface area contributed by atoms with Crippen molar-refractivity contribution >= 4 is 0 Å². The molecule has 0 spiro atoms. The van der Waals surface area contributed by atoms with Gasteiger partial charge in [0.05, 0.1) is 0 Å². The molecule has 2 nitrogen and oxygen atoms in total. The zero-order chi connectivity index (χ0) is 12.5. The maximum atomic E-state index is 5.88. The van der Waals surface area contributed by atoms with Crippen molar-refractivity contribution in [3.05, 3.63) is 58.9 Å². The van der Waals surface area contributed by atoms with E-state index in [0.717, 1.165) is 6.54 Å². The first-order valence-electron chi connectivity index (χ1n) is 6.74. The molecule has 0 aliphatic heterocycles. The Hall–Kier alpha value is -1.54. The number of nitrogens with zero attached hydrogens (tertiary/aromatic N) is 1. The van der Waals surface area contributed by atoms with Gasteiger partial charge in [-0.15, -0.1) is 0 Å². The molecule has 0 bridgehead atoms. The van der Waals surface area contributed by atoms with E-state index < -0.39 is 0 Å². The second-order valence-corrected chi connectivity index (χ2v) is 5.36. The van der Waals surface area contributed by atoms with E-state index in [0.29, 0.717) is 0 Å². The van der Waals surface area contributed by atoms with Crippen LogP contribution in [0.2, 0.25) is 0 Å². The highest BCUT2D eigenvalue weighted by molar-refractivity contribution is 5.35. The van der Waals surface area contributed by atoms with Gasteiger partial charge in [0.15, 0.2) is 0 Å². The van der Waals surface area contributed by atoms with E-state index in [1.54, 1.807) is 11.1 Å². The van der Waals surface area contributed by atoms with Crippen LogP contribution in [0, 0.1) is 0 Å². The lowest BCUT2D eigenvalue weighted by Gasteiger charge is -2.06. The van der Waals surface area contributed by atoms with Crippen LogP contribution < -0.4 is 5.73 Å². The van der Waals surface area contributed by atoms with Crippen LogP contribution in [-0.2, 0) is 19.4 Å². The molecule has 0 saturated heterocycles. The number of benzene rings is 1. The van der Waals surface area contributed by atoms with E-state index in [4.69, 9.17) is 5.73 Å². The molecule has 1 aromatic heterocycles. The molecule has 1 unspecified atom stereocenters. The van der Waals surface area contributed by atoms with Crippen molar-refractivity contribution in [3.63, 3.8) is 0 Å². The summed E-state index contributed by atoms with van der Waals surface area (Å²) >= 11 is 0. The quantitative estimate of drug-likeness (QED) is 0.878. The third kappa shape index (κ3) is 2.21. The van der Waals surface area contributed by atoms with Crippen LogP contribution in [0.4, 0.5) is 0 Å². The number of hydrogen-bond donors (Lipinski definition) is 1. The van der Waals surface area contributed by atoms with E-state index >= 15 is 0 Å². The normalized spacial score (nSPS) is 15.7. The second kappa shape index (κ2) is 4.62. The molecule has 2 N–H and O–H groups in total. The van der Waals surface area contributed by atoms with Crippen LogP contribution >= 0.6 is 0 Å². The SMILES string of the molecule is CC(N)c1ccn(Cc2ccc3c(c2)CCC3)c1. The van der Waals surface area contributed by atoms with Crippen molar-refractivity contribution in [1.29, 1.82) is 0 Å². The largest absolute Gasteiger partial charge is 0.350 e. The molecule has 0 amide bonds. The highest BCUT2D eigenvalue weighted by atomic mass is 14.9. The summed E-state index contributed by atoms with van der Waals surface area (Å²) in [6.45, 7) is 2.97. The van der Waals surface area contributed by atoms with E-state index in [1.165, 1.54) is 30.4 Å². The smallest absolute Gasteiger partial charge is 0.0470 e. The van der Waals surface area contributed by atoms with Crippen LogP contribution in [0.15, 0.2) is 36.7 Å². The molecular formula is C16H20N2. The molecule has 2 heteroatoms. The van der Waals surface area contributed by atoms with E-state index in [9.17, 15) is 0 Å². The number of hydrogen-bond acceptors (Lipinski definition) is 1. The van der Waals surface area contributed by atoms with Gasteiger partial charge in [-0.1, -0.05) is 18.2 Å². The Balaban J connectivity index is 1.79. The molecule has 1 aliphatic carbocycles. The van der Waals surface area contributed by atoms with Crippen molar-refractivity contribution < 1.29 is 0 Å². The van der Waals surface area contributed by atoms with Gasteiger partial charge in [-0.05, 0) is 54.5 Å². The molecule has 1 aliphatic rings. The number of fused-ring (bicyclic) bond motifs is 1. The Labute approximate surface area is 108 Å². The second-order valence-electron chi connectivity index (χ2n) is 5.36. The van der Waals surface area contributed by atoms with Gasteiger partial charge in [-0.25, -0.2) is 0 Å². The number of aryl methyl sites for hydroxylation is 2. The van der Waals surface area contributed by atoms with Gasteiger partial charge in [0.25, 0.3) is 0 Å². The fraction of sp³-hybridized carbons (Fsp3) is 0.375. The fourth-order valence-corrected chi connectivity index (χ4v) is 2.76. The van der Waals surface area contributed by atoms with Crippen LogP contribution in [0.25, 0.3) is 0 Å². The molecular weight excluding hydrogens is 220 g/mol. The maximum Gasteiger partial charge on any atom is 0.0470 e. The summed E-state index contributed by atoms with van der Waals surface area (Å²) in [5.74, 6) is 0. The van der Waals surface area contributed by atoms with Crippen molar-refractivity contribution in [2.45, 2.75) is 38.8 Å². The minimum atomic E-state index is 0.117. The number of nitrogens with two attached hydrogens (primary N) is 1. The average Bonchev–Trinajstić information content (AvgIpc) is 2.96. The number of aromatic nitrogens is 1. The standard InChI is InChI=1S/C16H20N2/c1-12(17)16-7-8-18(11-16)10-13-5-6-14-3-2-4-15(14)9-13/h5-9,11-12H,2-4,10,17H2,1H3. The summed E-state index contributed by atoms with van der Waals surface area (Å²) < 4.78 is 2.22. The molecule has 94 valence electrons. The molecule has 3 rings (SSSR count). The first-order valence-corrected chi connectivity index (χ1v) is 6.74. The van der Waals surface area contributed by atoms with Gasteiger partial charge in [-0.3, -0.25) is 0 Å². The Kier molecular flexibility index (Phi) is 2.96. The summed E-state index contributed by atoms with van der Waals surface area (Å²) in [7, 11) is 0. The Bertz CT molecular complexity index is 552. The molecule has 0 saturated carbocycles. The Morgan fingerprint density at radius 1 is 1.22 bits per heavy atom. The van der Waals surface area contributed by atoms with Crippen LogP contribution in [-0.4, -0.2) is 4.57 Å². The minimum Gasteiger partial charge on any atom is -0.350 e. The minimum absolute atomic E-state index is 0.117. The van der Waals surface area contributed by atoms with Gasteiger partial charge in [0.2, 0.25) is 0 Å². The predicted molar refractivity (Wildman–Crippen MR) is 74.6 cm³/mol. The van der Waals surface area contributed by atoms with Crippen molar-refractivity contribution in [1.82, 2.24) is 4.57 Å². The zero-order valence-corrected chi connectivity index (χ0v) is 10.9. The maximum absolute atomic E-state index is 5.88. The summed E-state index contributed by atoms with van der Waals surface area (Å²) in [6, 6.07) is 9.15. The fourth-order valence-electron chi connectivity index (χ4n) is 2.76. The van der Waals surface area contributed by atoms with Crippen molar-refractivity contribution in [3.8, 4) is 0 Å². The third-order valence-corrected chi connectivity index (χ3v) is 3.83. The van der Waals surface area contributed by atoms with E-state index in [2.05, 4.69) is 41.2 Å². The van der Waals surface area contributed by atoms with Gasteiger partial charge in [-0.2, -0.15) is 0 Å². The lowest BCUT2D eigenvalue weighted by Crippen LogP contribution is -2.04. The average molecular weight is 240 g/mol. The molecule has 1 aromatic carbocycles. The molecule has 2 aromatic rings. The summed E-state index contributed by atoms with van der Waals surface area (Å²) in [5, 5.41) is 0. The molecule has 0 radical (unpaired) electrons. The Morgan fingerprint density at radius 3 is 2.83 bits per heavy atom. The van der Waals surface area contributed by atoms with Gasteiger partial charge in [0, 0.05) is 25.0 Å². The van der Waals surface area contributed by atoms with Gasteiger partial charge in [0.1, 0.15) is 0 Å². The first-order chi connectivity index (χ1) is 8.72. The molecule has 1 heterocycles. The van der Waals surface area contributed by atoms with Crippen molar-refractivity contribution in [2.24, 2.45) is 5.73 Å². The predicted octanol–water partition coefficient (Wildman–Crippen LogP) is 3.04. The summed E-state index contributed by atoms with van der Waals surface area (Å²) in [5.41, 5.74) is 11.6. The third-order valence-electron chi connectivity index (χ3n) is 3.83. The molecule has 1 atom stereocenters. The monoisotopic (exact) mass is 240 g/mol. The van der Waals surface area contributed by atoms with E-state index in [1.807, 2.05) is 6.92 Å². The first kappa shape index (κ1) is 11.5. The highest BCUT2D eigenvalue weighted by Crippen LogP contribution is 2.23.